The number of anilines is 1. The molecule has 0 saturated heterocycles. The summed E-state index contributed by atoms with van der Waals surface area (Å²) in [5, 5.41) is 8.79. The van der Waals surface area contributed by atoms with Crippen LogP contribution in [0.2, 0.25) is 0 Å². The average Bonchev–Trinajstić information content (AvgIpc) is 3.04. The van der Waals surface area contributed by atoms with Crippen molar-refractivity contribution >= 4 is 44.6 Å². The molecule has 0 aromatic carbocycles. The van der Waals surface area contributed by atoms with Gasteiger partial charge < -0.3 is 10.6 Å². The van der Waals surface area contributed by atoms with Crippen molar-refractivity contribution < 1.29 is 9.59 Å². The van der Waals surface area contributed by atoms with Crippen molar-refractivity contribution in [1.29, 1.82) is 0 Å². The van der Waals surface area contributed by atoms with Crippen molar-refractivity contribution in [2.75, 3.05) is 5.32 Å². The monoisotopic (exact) mass is 429 g/mol. The van der Waals surface area contributed by atoms with Crippen molar-refractivity contribution in [3.05, 3.63) is 33.5 Å². The van der Waals surface area contributed by atoms with Crippen LogP contribution >= 0.6 is 22.7 Å². The second kappa shape index (κ2) is 6.63. The van der Waals surface area contributed by atoms with Crippen LogP contribution in [0.3, 0.4) is 0 Å². The van der Waals surface area contributed by atoms with Crippen molar-refractivity contribution in [3.8, 4) is 0 Å². The third-order valence-corrected chi connectivity index (χ3v) is 8.12. The van der Waals surface area contributed by atoms with Crippen LogP contribution in [0, 0.1) is 18.3 Å². The zero-order valence-electron chi connectivity index (χ0n) is 16.6. The fourth-order valence-electron chi connectivity index (χ4n) is 4.11. The summed E-state index contributed by atoms with van der Waals surface area (Å²) in [6, 6.07) is 0.0589. The number of imidazole rings is 1. The van der Waals surface area contributed by atoms with Gasteiger partial charge in [-0.25, -0.2) is 9.97 Å². The summed E-state index contributed by atoms with van der Waals surface area (Å²) < 4.78 is 1.85. The van der Waals surface area contributed by atoms with E-state index in [-0.39, 0.29) is 23.3 Å². The molecule has 2 N–H and O–H groups in total. The van der Waals surface area contributed by atoms with E-state index < -0.39 is 0 Å². The predicted octanol–water partition coefficient (Wildman–Crippen LogP) is 3.43. The molecule has 3 aromatic rings. The molecule has 3 atom stereocenters. The van der Waals surface area contributed by atoms with Gasteiger partial charge in [0.1, 0.15) is 5.69 Å². The van der Waals surface area contributed by atoms with Gasteiger partial charge in [0.05, 0.1) is 11.4 Å². The van der Waals surface area contributed by atoms with Gasteiger partial charge >= 0.3 is 0 Å². The zero-order chi connectivity index (χ0) is 20.3. The first kappa shape index (κ1) is 18.7. The Balaban J connectivity index is 1.27. The third-order valence-electron chi connectivity index (χ3n) is 6.32. The van der Waals surface area contributed by atoms with Gasteiger partial charge in [-0.1, -0.05) is 13.8 Å². The van der Waals surface area contributed by atoms with Crippen molar-refractivity contribution in [1.82, 2.24) is 19.7 Å². The predicted molar refractivity (Wildman–Crippen MR) is 114 cm³/mol. The number of carbonyl (C=O) groups excluding carboxylic acids is 2. The minimum atomic E-state index is -0.251. The van der Waals surface area contributed by atoms with Crippen LogP contribution in [0.1, 0.15) is 53.4 Å². The fourth-order valence-corrected chi connectivity index (χ4v) is 5.95. The maximum absolute atomic E-state index is 12.9. The first-order valence-corrected chi connectivity index (χ1v) is 11.6. The Hall–Kier alpha value is -2.26. The van der Waals surface area contributed by atoms with Gasteiger partial charge in [0.25, 0.3) is 5.91 Å². The van der Waals surface area contributed by atoms with Crippen molar-refractivity contribution in [2.24, 2.45) is 11.3 Å². The first-order valence-electron chi connectivity index (χ1n) is 9.88. The molecule has 7 nitrogen and oxygen atoms in total. The third kappa shape index (κ3) is 3.16. The number of fused-ring (bicyclic) bond motifs is 2. The second-order valence-electron chi connectivity index (χ2n) is 8.38. The summed E-state index contributed by atoms with van der Waals surface area (Å²) in [5.41, 5.74) is 2.15. The molecule has 0 aliphatic heterocycles. The number of aryl methyl sites for hydroxylation is 2. The van der Waals surface area contributed by atoms with Gasteiger partial charge in [0, 0.05) is 34.3 Å². The van der Waals surface area contributed by atoms with Gasteiger partial charge in [-0.15, -0.1) is 22.7 Å². The summed E-state index contributed by atoms with van der Waals surface area (Å²) in [4.78, 5) is 36.4. The summed E-state index contributed by atoms with van der Waals surface area (Å²) in [5.74, 6) is 0.408. The Morgan fingerprint density at radius 3 is 2.90 bits per heavy atom. The SMILES string of the molecule is Cc1nc2sccn2c1C(=O)NC1CCc2nc(NC(=O)C3(C)CC3C)sc2C1. The normalized spacial score (nSPS) is 25.6. The zero-order valence-corrected chi connectivity index (χ0v) is 18.2. The van der Waals surface area contributed by atoms with E-state index in [1.165, 1.54) is 22.7 Å². The lowest BCUT2D eigenvalue weighted by Gasteiger charge is -2.22. The molecule has 5 rings (SSSR count). The summed E-state index contributed by atoms with van der Waals surface area (Å²) in [7, 11) is 0. The molecule has 2 aliphatic rings. The van der Waals surface area contributed by atoms with Crippen LogP contribution in [0.5, 0.6) is 0 Å². The first-order chi connectivity index (χ1) is 13.8. The molecule has 9 heteroatoms. The molecule has 3 heterocycles. The molecule has 152 valence electrons. The summed E-state index contributed by atoms with van der Waals surface area (Å²) in [6.07, 6.45) is 5.21. The highest BCUT2D eigenvalue weighted by molar-refractivity contribution is 7.16. The number of rotatable bonds is 4. The van der Waals surface area contributed by atoms with Crippen LogP contribution in [0.25, 0.3) is 4.96 Å². The van der Waals surface area contributed by atoms with Crippen LogP contribution in [-0.4, -0.2) is 32.2 Å². The molecule has 0 radical (unpaired) electrons. The van der Waals surface area contributed by atoms with E-state index in [0.29, 0.717) is 16.7 Å². The number of amides is 2. The molecule has 2 aliphatic carbocycles. The van der Waals surface area contributed by atoms with E-state index in [4.69, 9.17) is 0 Å². The topological polar surface area (TPSA) is 88.4 Å². The van der Waals surface area contributed by atoms with Crippen LogP contribution < -0.4 is 10.6 Å². The highest BCUT2D eigenvalue weighted by atomic mass is 32.1. The Morgan fingerprint density at radius 1 is 1.34 bits per heavy atom. The summed E-state index contributed by atoms with van der Waals surface area (Å²) in [6.45, 7) is 5.98. The standard InChI is InChI=1S/C20H23N5O2S2/c1-10-9-20(10,3)17(27)24-18-23-13-5-4-12(8-14(13)29-18)22-16(26)15-11(2)21-19-25(15)6-7-28-19/h6-7,10,12H,4-5,8-9H2,1-3H3,(H,22,26)(H,23,24,27). The number of carbonyl (C=O) groups is 2. The second-order valence-corrected chi connectivity index (χ2v) is 10.3. The van der Waals surface area contributed by atoms with E-state index in [0.717, 1.165) is 46.9 Å². The molecule has 3 aromatic heterocycles. The van der Waals surface area contributed by atoms with Gasteiger partial charge in [-0.05, 0) is 32.1 Å². The number of hydrogen-bond donors (Lipinski definition) is 2. The van der Waals surface area contributed by atoms with E-state index in [2.05, 4.69) is 27.5 Å². The van der Waals surface area contributed by atoms with Gasteiger partial charge in [0.15, 0.2) is 10.1 Å². The molecular formula is C20H23N5O2S2. The lowest BCUT2D eigenvalue weighted by atomic mass is 9.97. The van der Waals surface area contributed by atoms with Crippen LogP contribution in [0.15, 0.2) is 11.6 Å². The smallest absolute Gasteiger partial charge is 0.270 e. The fraction of sp³-hybridized carbons (Fsp3) is 0.500. The molecule has 0 bridgehead atoms. The maximum atomic E-state index is 12.9. The lowest BCUT2D eigenvalue weighted by molar-refractivity contribution is -0.121. The molecule has 2 amide bonds. The lowest BCUT2D eigenvalue weighted by Crippen LogP contribution is -2.39. The average molecular weight is 430 g/mol. The van der Waals surface area contributed by atoms with Gasteiger partial charge in [-0.2, -0.15) is 0 Å². The Kier molecular flexibility index (Phi) is 4.29. The van der Waals surface area contributed by atoms with Crippen molar-refractivity contribution in [2.45, 2.75) is 52.5 Å². The number of nitrogens with one attached hydrogen (secondary N) is 2. The highest BCUT2D eigenvalue weighted by Crippen LogP contribution is 2.52. The molecule has 0 spiro atoms. The number of thiazole rings is 2. The molecule has 1 fully saturated rings. The van der Waals surface area contributed by atoms with Gasteiger partial charge in [0.2, 0.25) is 5.91 Å². The number of hydrogen-bond acceptors (Lipinski definition) is 6. The quantitative estimate of drug-likeness (QED) is 0.665. The van der Waals surface area contributed by atoms with E-state index >= 15 is 0 Å². The Bertz CT molecular complexity index is 1130. The minimum absolute atomic E-state index is 0.0589. The highest BCUT2D eigenvalue weighted by Gasteiger charge is 2.53. The maximum Gasteiger partial charge on any atom is 0.270 e. The molecule has 3 unspecified atom stereocenters. The summed E-state index contributed by atoms with van der Waals surface area (Å²) >= 11 is 3.05. The van der Waals surface area contributed by atoms with E-state index in [1.807, 2.05) is 29.8 Å². The number of nitrogens with zero attached hydrogens (tertiary/aromatic N) is 3. The van der Waals surface area contributed by atoms with E-state index in [9.17, 15) is 9.59 Å². The molecule has 29 heavy (non-hydrogen) atoms. The Morgan fingerprint density at radius 2 is 2.14 bits per heavy atom. The molecular weight excluding hydrogens is 406 g/mol. The minimum Gasteiger partial charge on any atom is -0.348 e. The largest absolute Gasteiger partial charge is 0.348 e. The van der Waals surface area contributed by atoms with Crippen molar-refractivity contribution in [3.63, 3.8) is 0 Å². The number of aromatic nitrogens is 3. The van der Waals surface area contributed by atoms with E-state index in [1.54, 1.807) is 0 Å². The van der Waals surface area contributed by atoms with Crippen LogP contribution in [-0.2, 0) is 17.6 Å². The Labute approximate surface area is 176 Å². The molecule has 1 saturated carbocycles. The van der Waals surface area contributed by atoms with Crippen LogP contribution in [0.4, 0.5) is 5.13 Å². The van der Waals surface area contributed by atoms with Gasteiger partial charge in [-0.3, -0.25) is 14.0 Å².